The van der Waals surface area contributed by atoms with Crippen LogP contribution in [0.25, 0.3) is 0 Å². The molecule has 49 heavy (non-hydrogen) atoms. The third kappa shape index (κ3) is 15.0. The molecule has 3 aromatic carbocycles. The molecule has 3 rings (SSSR count). The second-order valence-corrected chi connectivity index (χ2v) is 14.2. The number of aliphatic imine (C=N–C) groups is 3. The monoisotopic (exact) mass is 869 g/mol. The van der Waals surface area contributed by atoms with E-state index in [1.54, 1.807) is 36.8 Å². The quantitative estimate of drug-likeness (QED) is 0.106. The van der Waals surface area contributed by atoms with Gasteiger partial charge in [0, 0.05) is 91.4 Å². The topological polar surface area (TPSA) is 101 Å². The van der Waals surface area contributed by atoms with Crippen molar-refractivity contribution in [2.45, 2.75) is 0 Å². The van der Waals surface area contributed by atoms with Crippen LogP contribution in [0.5, 0.6) is 17.2 Å². The minimum Gasteiger partial charge on any atom is -1.00 e. The van der Waals surface area contributed by atoms with Gasteiger partial charge in [-0.1, -0.05) is 0 Å². The minimum absolute atomic E-state index is 0. The number of rotatable bonds is 15. The van der Waals surface area contributed by atoms with Crippen molar-refractivity contribution in [3.8, 4) is 17.2 Å². The third-order valence-corrected chi connectivity index (χ3v) is 7.69. The molecule has 0 bridgehead atoms. The van der Waals surface area contributed by atoms with Gasteiger partial charge in [0.15, 0.2) is 0 Å². The van der Waals surface area contributed by atoms with Crippen molar-refractivity contribution in [3.63, 3.8) is 0 Å². The molecule has 0 aliphatic heterocycles. The number of phenolic OH excluding ortho intramolecular Hbond substituents is 3. The Morgan fingerprint density at radius 2 is 0.714 bits per heavy atom. The first-order valence-electron chi connectivity index (χ1n) is 15.6. The van der Waals surface area contributed by atoms with Crippen LogP contribution >= 0.6 is 0 Å². The summed E-state index contributed by atoms with van der Waals surface area (Å²) in [5.41, 5.74) is 5.09. The molecule has 0 spiro atoms. The van der Waals surface area contributed by atoms with E-state index in [1.807, 2.05) is 36.4 Å². The molecule has 0 atom stereocenters. The van der Waals surface area contributed by atoms with Crippen LogP contribution in [-0.4, -0.2) is 142 Å². The fourth-order valence-electron chi connectivity index (χ4n) is 4.60. The number of phenols is 3. The van der Waals surface area contributed by atoms with Crippen LogP contribution in [0.3, 0.4) is 0 Å². The summed E-state index contributed by atoms with van der Waals surface area (Å²) >= 11 is 0. The summed E-state index contributed by atoms with van der Waals surface area (Å²) in [6.45, 7) is 3.70. The molecule has 13 heteroatoms. The lowest BCUT2D eigenvalue weighted by Crippen LogP contribution is -3.00. The van der Waals surface area contributed by atoms with Crippen molar-refractivity contribution >= 4 is 35.7 Å². The van der Waals surface area contributed by atoms with Crippen LogP contribution in [0.1, 0.15) is 16.7 Å². The average Bonchev–Trinajstić information content (AvgIpc) is 2.95. The predicted molar refractivity (Wildman–Crippen MR) is 197 cm³/mol. The zero-order valence-corrected chi connectivity index (χ0v) is 35.0. The fourth-order valence-corrected chi connectivity index (χ4v) is 4.60. The first-order valence-corrected chi connectivity index (χ1v) is 15.6. The molecule has 0 saturated carbocycles. The molecule has 0 fully saturated rings. The van der Waals surface area contributed by atoms with Crippen molar-refractivity contribution < 1.29 is 66.3 Å². The lowest BCUT2D eigenvalue weighted by Gasteiger charge is -2.23. The van der Waals surface area contributed by atoms with Crippen LogP contribution in [0.4, 0.5) is 17.1 Å². The van der Waals surface area contributed by atoms with E-state index in [0.717, 1.165) is 17.1 Å². The largest absolute Gasteiger partial charge is 1.00 e. The Labute approximate surface area is 324 Å². The van der Waals surface area contributed by atoms with Crippen molar-refractivity contribution in [1.29, 1.82) is 0 Å². The Morgan fingerprint density at radius 3 is 0.918 bits per heavy atom. The molecule has 0 aromatic heterocycles. The Morgan fingerprint density at radius 1 is 0.469 bits per heavy atom. The third-order valence-electron chi connectivity index (χ3n) is 7.69. The van der Waals surface area contributed by atoms with Gasteiger partial charge in [0.1, 0.15) is 34.3 Å². The lowest BCUT2D eigenvalue weighted by atomic mass is 10.1. The molecule has 10 nitrogen and oxygen atoms in total. The predicted octanol–water partition coefficient (Wildman–Crippen LogP) is -4.64. The van der Waals surface area contributed by atoms with Gasteiger partial charge >= 0.3 is 0 Å². The van der Waals surface area contributed by atoms with Crippen LogP contribution in [0, 0.1) is 0 Å². The van der Waals surface area contributed by atoms with Crippen molar-refractivity contribution in [1.82, 2.24) is 18.3 Å². The van der Waals surface area contributed by atoms with Crippen molar-refractivity contribution in [2.75, 3.05) is 103 Å². The number of hydrogen-bond donors (Lipinski definition) is 3. The molecule has 3 aromatic rings. The molecule has 0 radical (unpaired) electrons. The Bertz CT molecular complexity index is 1380. The lowest BCUT2D eigenvalue weighted by molar-refractivity contribution is -0.00100. The Balaban J connectivity index is 0.00000768. The molecule has 0 heterocycles. The number of benzene rings is 3. The smallest absolute Gasteiger partial charge is 0.135 e. The van der Waals surface area contributed by atoms with Gasteiger partial charge in [-0.15, -0.1) is 0 Å². The highest BCUT2D eigenvalue weighted by Gasteiger charge is 2.16. The Hall–Kier alpha value is -2.65. The molecule has 272 valence electrons. The molecule has 0 aliphatic carbocycles. The fraction of sp³-hybridized carbons (Fsp3) is 0.417. The summed E-state index contributed by atoms with van der Waals surface area (Å²) in [6.07, 6.45) is 5.15. The standard InChI is InChI=1S/C36H51N7O3.3BrH/c1-41(2,3)31-13-10-28(34(44)22-31)25-37-16-19-40(20-17-38-26-29-11-14-32(23-35(29)45)42(4,5)6)21-18-39-27-30-12-15-33(24-36(30)46)43(7,8)9;;;/h10-15,22-27H,16-21H2,1-9H3;3*1H. The highest BCUT2D eigenvalue weighted by molar-refractivity contribution is 5.85. The normalized spacial score (nSPS) is 12.4. The summed E-state index contributed by atoms with van der Waals surface area (Å²) in [7, 11) is 18.5. The highest BCUT2D eigenvalue weighted by Crippen LogP contribution is 2.27. The summed E-state index contributed by atoms with van der Waals surface area (Å²) in [6, 6.07) is 17.0. The van der Waals surface area contributed by atoms with E-state index in [9.17, 15) is 15.3 Å². The van der Waals surface area contributed by atoms with Crippen LogP contribution < -0.4 is 64.4 Å². The molecule has 0 unspecified atom stereocenters. The van der Waals surface area contributed by atoms with Gasteiger partial charge < -0.3 is 66.3 Å². The average molecular weight is 873 g/mol. The second-order valence-electron chi connectivity index (χ2n) is 14.2. The molecule has 3 N–H and O–H groups in total. The zero-order chi connectivity index (χ0) is 34.1. The first kappa shape index (κ1) is 46.4. The van der Waals surface area contributed by atoms with Gasteiger partial charge in [-0.2, -0.15) is 0 Å². The molecular formula is C36H54Br3N7O3. The highest BCUT2D eigenvalue weighted by atomic mass is 79.9. The zero-order valence-electron chi connectivity index (χ0n) is 30.3. The maximum absolute atomic E-state index is 10.5. The summed E-state index contributed by atoms with van der Waals surface area (Å²) in [5.74, 6) is 0.640. The van der Waals surface area contributed by atoms with Gasteiger partial charge in [0.05, 0.1) is 83.1 Å². The summed E-state index contributed by atoms with van der Waals surface area (Å²) < 4.78 is 1.85. The SMILES string of the molecule is C[N+](C)(C)c1ccc(C=NCCN(CCN=Cc2ccc([N+](C)(C)C)cc2O)CCN=Cc2ccc([N+](C)(C)C)cc2O)c(O)c1.[Br-].[Br-].[Br-]. The number of aromatic hydroxyl groups is 3. The number of hydrogen-bond acceptors (Lipinski definition) is 7. The maximum Gasteiger partial charge on any atom is 0.135 e. The van der Waals surface area contributed by atoms with Crippen molar-refractivity contribution in [3.05, 3.63) is 71.3 Å². The van der Waals surface area contributed by atoms with Crippen LogP contribution in [0.2, 0.25) is 0 Å². The number of nitrogens with zero attached hydrogens (tertiary/aromatic N) is 7. The first-order chi connectivity index (χ1) is 21.4. The number of halogens is 3. The molecular weight excluding hydrogens is 818 g/mol. The van der Waals surface area contributed by atoms with E-state index >= 15 is 0 Å². The van der Waals surface area contributed by atoms with E-state index in [-0.39, 0.29) is 68.2 Å². The van der Waals surface area contributed by atoms with Crippen molar-refractivity contribution in [2.24, 2.45) is 15.0 Å². The molecule has 0 aliphatic rings. The van der Waals surface area contributed by atoms with Gasteiger partial charge in [-0.25, -0.2) is 0 Å². The van der Waals surface area contributed by atoms with E-state index in [1.165, 1.54) is 0 Å². The van der Waals surface area contributed by atoms with E-state index in [2.05, 4.69) is 83.3 Å². The Kier molecular flexibility index (Phi) is 19.2. The van der Waals surface area contributed by atoms with Crippen LogP contribution in [0.15, 0.2) is 69.6 Å². The summed E-state index contributed by atoms with van der Waals surface area (Å²) in [5, 5.41) is 31.5. The number of quaternary nitrogens is 3. The second kappa shape index (κ2) is 20.3. The minimum atomic E-state index is 0. The van der Waals surface area contributed by atoms with Gasteiger partial charge in [-0.05, 0) is 18.2 Å². The van der Waals surface area contributed by atoms with Gasteiger partial charge in [0.2, 0.25) is 0 Å². The summed E-state index contributed by atoms with van der Waals surface area (Å²) in [4.78, 5) is 16.0. The van der Waals surface area contributed by atoms with E-state index in [0.29, 0.717) is 69.4 Å². The molecule has 0 saturated heterocycles. The molecule has 0 amide bonds. The van der Waals surface area contributed by atoms with E-state index < -0.39 is 0 Å². The van der Waals surface area contributed by atoms with Crippen LogP contribution in [-0.2, 0) is 0 Å². The van der Waals surface area contributed by atoms with E-state index in [4.69, 9.17) is 0 Å². The van der Waals surface area contributed by atoms with Gasteiger partial charge in [0.25, 0.3) is 0 Å². The maximum atomic E-state index is 10.5. The van der Waals surface area contributed by atoms with Gasteiger partial charge in [-0.3, -0.25) is 33.3 Å².